The maximum atomic E-state index is 13.8. The molecular weight excluding hydrogens is 927 g/mol. The molecule has 8 amide bonds. The number of likely N-dealkylation sites (tertiary alicyclic amines) is 2. The van der Waals surface area contributed by atoms with E-state index in [1.807, 2.05) is 0 Å². The molecule has 0 aromatic rings. The number of aliphatic carboxylic acids is 3. The number of aliphatic hydroxyl groups is 1. The maximum absolute atomic E-state index is 13.8. The molecule has 70 heavy (non-hydrogen) atoms. The second kappa shape index (κ2) is 29.4. The molecular formula is C42H71N13O15. The van der Waals surface area contributed by atoms with Crippen LogP contribution in [0.1, 0.15) is 97.8 Å². The molecule has 0 aliphatic carbocycles. The third-order valence-electron chi connectivity index (χ3n) is 11.4. The molecule has 2 heterocycles. The van der Waals surface area contributed by atoms with Crippen molar-refractivity contribution in [3.63, 3.8) is 0 Å². The summed E-state index contributed by atoms with van der Waals surface area (Å²) in [4.78, 5) is 149. The van der Waals surface area contributed by atoms with Crippen molar-refractivity contribution >= 4 is 71.1 Å². The van der Waals surface area contributed by atoms with Gasteiger partial charge < -0.3 is 85.1 Å². The van der Waals surface area contributed by atoms with Crippen molar-refractivity contribution in [2.24, 2.45) is 33.8 Å². The number of guanidine groups is 1. The van der Waals surface area contributed by atoms with E-state index < -0.39 is 139 Å². The van der Waals surface area contributed by atoms with Crippen LogP contribution in [-0.4, -0.2) is 189 Å². The van der Waals surface area contributed by atoms with Crippen LogP contribution in [0.5, 0.6) is 0 Å². The Labute approximate surface area is 404 Å². The Morgan fingerprint density at radius 1 is 0.614 bits per heavy atom. The number of unbranched alkanes of at least 4 members (excludes halogenated alkanes) is 1. The molecule has 394 valence electrons. The topological polar surface area (TPSA) is 464 Å². The number of nitrogens with zero attached hydrogens (tertiary/aromatic N) is 3. The quantitative estimate of drug-likeness (QED) is 0.0181. The van der Waals surface area contributed by atoms with Gasteiger partial charge in [0.1, 0.15) is 48.3 Å². The number of hydrogen-bond donors (Lipinski definition) is 14. The summed E-state index contributed by atoms with van der Waals surface area (Å²) < 4.78 is 0. The largest absolute Gasteiger partial charge is 0.481 e. The lowest BCUT2D eigenvalue weighted by Gasteiger charge is -2.30. The molecule has 2 aliphatic rings. The lowest BCUT2D eigenvalue weighted by molar-refractivity contribution is -0.146. The number of carboxylic acid groups (broad SMARTS) is 3. The Kier molecular flexibility index (Phi) is 24.9. The van der Waals surface area contributed by atoms with Gasteiger partial charge in [-0.05, 0) is 77.2 Å². The van der Waals surface area contributed by atoms with Crippen LogP contribution in [0.25, 0.3) is 0 Å². The Bertz CT molecular complexity index is 1920. The minimum Gasteiger partial charge on any atom is -0.481 e. The van der Waals surface area contributed by atoms with Crippen molar-refractivity contribution in [1.82, 2.24) is 41.7 Å². The van der Waals surface area contributed by atoms with Crippen molar-refractivity contribution in [3.8, 4) is 0 Å². The number of nitrogens with one attached hydrogen (secondary N) is 6. The molecule has 2 rings (SSSR count). The fourth-order valence-electron chi connectivity index (χ4n) is 7.83. The number of carbonyl (C=O) groups excluding carboxylic acids is 8. The summed E-state index contributed by atoms with van der Waals surface area (Å²) in [6.45, 7) is 4.19. The zero-order valence-electron chi connectivity index (χ0n) is 39.7. The first kappa shape index (κ1) is 59.4. The first-order chi connectivity index (χ1) is 32.9. The fraction of sp³-hybridized carbons (Fsp3) is 0.714. The van der Waals surface area contributed by atoms with Crippen molar-refractivity contribution in [2.45, 2.75) is 152 Å². The Morgan fingerprint density at radius 3 is 1.56 bits per heavy atom. The fourth-order valence-corrected chi connectivity index (χ4v) is 7.83. The lowest BCUT2D eigenvalue weighted by atomic mass is 10.0. The number of aliphatic imine (C=N–C) groups is 1. The molecule has 0 unspecified atom stereocenters. The predicted octanol–water partition coefficient (Wildman–Crippen LogP) is -5.52. The minimum atomic E-state index is -1.83. The molecule has 9 atom stereocenters. The van der Waals surface area contributed by atoms with E-state index in [0.717, 1.165) is 4.90 Å². The van der Waals surface area contributed by atoms with Crippen molar-refractivity contribution in [2.75, 3.05) is 32.8 Å². The van der Waals surface area contributed by atoms with E-state index in [2.05, 4.69) is 36.9 Å². The highest BCUT2D eigenvalue weighted by atomic mass is 16.4. The van der Waals surface area contributed by atoms with E-state index in [1.54, 1.807) is 13.8 Å². The highest BCUT2D eigenvalue weighted by Crippen LogP contribution is 2.21. The highest BCUT2D eigenvalue weighted by Gasteiger charge is 2.42. The van der Waals surface area contributed by atoms with E-state index in [-0.39, 0.29) is 70.0 Å². The number of amides is 8. The predicted molar refractivity (Wildman–Crippen MR) is 246 cm³/mol. The smallest absolute Gasteiger partial charge is 0.326 e. The monoisotopic (exact) mass is 998 g/mol. The number of nitrogens with two attached hydrogens (primary N) is 4. The van der Waals surface area contributed by atoms with Crippen LogP contribution in [0.3, 0.4) is 0 Å². The molecule has 28 nitrogen and oxygen atoms in total. The van der Waals surface area contributed by atoms with E-state index in [9.17, 15) is 73.2 Å². The van der Waals surface area contributed by atoms with Crippen LogP contribution < -0.4 is 54.8 Å². The van der Waals surface area contributed by atoms with Gasteiger partial charge in [-0.25, -0.2) is 4.79 Å². The number of carbonyl (C=O) groups is 11. The second-order valence-electron chi connectivity index (χ2n) is 17.6. The number of carboxylic acids is 3. The zero-order valence-corrected chi connectivity index (χ0v) is 39.7. The van der Waals surface area contributed by atoms with Crippen molar-refractivity contribution in [3.05, 3.63) is 0 Å². The Morgan fingerprint density at radius 2 is 1.10 bits per heavy atom. The molecule has 18 N–H and O–H groups in total. The molecule has 2 fully saturated rings. The third-order valence-corrected chi connectivity index (χ3v) is 11.4. The summed E-state index contributed by atoms with van der Waals surface area (Å²) in [5.74, 6) is -12.4. The second-order valence-corrected chi connectivity index (χ2v) is 17.6. The molecule has 0 aromatic heterocycles. The minimum absolute atomic E-state index is 0.0204. The number of rotatable bonds is 30. The summed E-state index contributed by atoms with van der Waals surface area (Å²) >= 11 is 0. The van der Waals surface area contributed by atoms with Gasteiger partial charge in [0.05, 0.1) is 25.5 Å². The van der Waals surface area contributed by atoms with Crippen LogP contribution in [-0.2, 0) is 52.7 Å². The lowest BCUT2D eigenvalue weighted by Crippen LogP contribution is -2.60. The first-order valence-electron chi connectivity index (χ1n) is 23.1. The van der Waals surface area contributed by atoms with E-state index in [1.165, 1.54) is 11.8 Å². The van der Waals surface area contributed by atoms with Gasteiger partial charge in [0.15, 0.2) is 5.96 Å². The molecule has 0 bridgehead atoms. The molecule has 28 heteroatoms. The molecule has 0 radical (unpaired) electrons. The van der Waals surface area contributed by atoms with E-state index >= 15 is 0 Å². The van der Waals surface area contributed by atoms with Gasteiger partial charge in [0.2, 0.25) is 47.3 Å². The van der Waals surface area contributed by atoms with E-state index in [0.29, 0.717) is 32.2 Å². The SMILES string of the molecule is CC(C)C[C@H](NC(=O)[C@H](CC(=O)O)NC(=O)[C@@H]1CCCN1C(=O)[C@H](CO)NC(=O)[C@H](CC(=O)O)NC(=O)[C@@H]1CCCN1C(=O)[C@@H](N)CCCCN)C(=O)N[C@@H](C)C(=O)N[C@@H](CCCN=C(N)N)C(=O)O. The van der Waals surface area contributed by atoms with Crippen molar-refractivity contribution < 1.29 is 73.2 Å². The maximum Gasteiger partial charge on any atom is 0.326 e. The van der Waals surface area contributed by atoms with Crippen LogP contribution in [0.4, 0.5) is 0 Å². The number of hydrogen-bond acceptors (Lipinski definition) is 15. The normalized spacial score (nSPS) is 18.4. The Hall–Kier alpha value is -6.68. The summed E-state index contributed by atoms with van der Waals surface area (Å²) in [5, 5.41) is 53.1. The highest BCUT2D eigenvalue weighted by molar-refractivity contribution is 5.99. The van der Waals surface area contributed by atoms with Gasteiger partial charge >= 0.3 is 17.9 Å². The van der Waals surface area contributed by atoms with Gasteiger partial charge in [0.25, 0.3) is 0 Å². The molecule has 0 spiro atoms. The Balaban J connectivity index is 2.19. The molecule has 0 aromatic carbocycles. The molecule has 2 aliphatic heterocycles. The van der Waals surface area contributed by atoms with Gasteiger partial charge in [-0.3, -0.25) is 52.9 Å². The van der Waals surface area contributed by atoms with Crippen LogP contribution in [0, 0.1) is 5.92 Å². The van der Waals surface area contributed by atoms with Crippen molar-refractivity contribution in [1.29, 1.82) is 0 Å². The van der Waals surface area contributed by atoms with Crippen LogP contribution in [0.15, 0.2) is 4.99 Å². The molecule has 2 saturated heterocycles. The summed E-state index contributed by atoms with van der Waals surface area (Å²) in [5.41, 5.74) is 22.1. The first-order valence-corrected chi connectivity index (χ1v) is 23.1. The van der Waals surface area contributed by atoms with Gasteiger partial charge in [0, 0.05) is 19.6 Å². The van der Waals surface area contributed by atoms with Gasteiger partial charge in [-0.15, -0.1) is 0 Å². The van der Waals surface area contributed by atoms with Gasteiger partial charge in [-0.2, -0.15) is 0 Å². The van der Waals surface area contributed by atoms with Crippen LogP contribution in [0.2, 0.25) is 0 Å². The average molecular weight is 998 g/mol. The molecule has 0 saturated carbocycles. The number of aliphatic hydroxyl groups excluding tert-OH is 1. The standard InChI is InChI=1S/C42H71N13O15/c1-21(2)17-25(34(62)48-22(3)33(61)49-24(41(69)70)10-6-14-47-42(45)46)50-35(63)26(18-31(57)58)51-38(66)30-12-8-16-55(30)40(68)28(20-56)53-36(64)27(19-32(59)60)52-37(65)29-11-7-15-54(29)39(67)23(44)9-4-5-13-43/h21-30,56H,4-20,43-44H2,1-3H3,(H,48,62)(H,49,61)(H,50,63)(H,51,66)(H,52,65)(H,53,64)(H,57,58)(H,59,60)(H,69,70)(H4,45,46,47)/t22-,23-,24-,25-,26-,27-,28-,29-,30-/m0/s1. The average Bonchev–Trinajstić information content (AvgIpc) is 3.99. The zero-order chi connectivity index (χ0) is 52.8. The summed E-state index contributed by atoms with van der Waals surface area (Å²) in [7, 11) is 0. The van der Waals surface area contributed by atoms with E-state index in [4.69, 9.17) is 22.9 Å². The summed E-state index contributed by atoms with van der Waals surface area (Å²) in [6.07, 6.45) is 0.459. The van der Waals surface area contributed by atoms with Gasteiger partial charge in [-0.1, -0.05) is 20.3 Å². The van der Waals surface area contributed by atoms with Crippen LogP contribution >= 0.6 is 0 Å². The third kappa shape index (κ3) is 19.4. The summed E-state index contributed by atoms with van der Waals surface area (Å²) in [6, 6.07) is -12.9.